The van der Waals surface area contributed by atoms with Gasteiger partial charge in [0.15, 0.2) is 5.82 Å². The van der Waals surface area contributed by atoms with Crippen LogP contribution in [-0.4, -0.2) is 60.1 Å². The number of morpholine rings is 1. The van der Waals surface area contributed by atoms with E-state index >= 15 is 0 Å². The number of aromatic nitrogens is 2. The second-order valence-corrected chi connectivity index (χ2v) is 6.54. The maximum absolute atomic E-state index is 5.93. The Balaban J connectivity index is 1.59. The average molecular weight is 326 g/mol. The Morgan fingerprint density at radius 3 is 2.83 bits per heavy atom. The first-order valence-corrected chi connectivity index (χ1v) is 8.55. The highest BCUT2D eigenvalue weighted by Gasteiger charge is 2.24. The lowest BCUT2D eigenvalue weighted by Crippen LogP contribution is -2.40. The van der Waals surface area contributed by atoms with Gasteiger partial charge >= 0.3 is 0 Å². The van der Waals surface area contributed by atoms with Crippen LogP contribution in [0.15, 0.2) is 42.6 Å². The molecule has 5 nitrogen and oxygen atoms in total. The summed E-state index contributed by atoms with van der Waals surface area (Å²) in [5, 5.41) is 0. The van der Waals surface area contributed by atoms with Crippen LogP contribution in [0.1, 0.15) is 23.2 Å². The molecular weight excluding hydrogens is 300 g/mol. The lowest BCUT2D eigenvalue weighted by atomic mass is 10.1. The topological polar surface area (TPSA) is 41.5 Å². The van der Waals surface area contributed by atoms with E-state index in [2.05, 4.69) is 50.1 Å². The molecule has 1 atom stereocenters. The summed E-state index contributed by atoms with van der Waals surface area (Å²) in [6.07, 6.45) is 2.87. The molecule has 2 heterocycles. The third-order valence-electron chi connectivity index (χ3n) is 4.21. The minimum absolute atomic E-state index is 0.0309. The molecule has 2 aromatic rings. The summed E-state index contributed by atoms with van der Waals surface area (Å²) < 4.78 is 5.93. The van der Waals surface area contributed by atoms with Gasteiger partial charge in [0.1, 0.15) is 6.10 Å². The van der Waals surface area contributed by atoms with Crippen molar-refractivity contribution < 1.29 is 4.74 Å². The fourth-order valence-electron chi connectivity index (χ4n) is 2.97. The van der Waals surface area contributed by atoms with Gasteiger partial charge in [0.2, 0.25) is 0 Å². The van der Waals surface area contributed by atoms with E-state index in [0.29, 0.717) is 0 Å². The van der Waals surface area contributed by atoms with Crippen LogP contribution in [0.2, 0.25) is 0 Å². The average Bonchev–Trinajstić information content (AvgIpc) is 2.61. The van der Waals surface area contributed by atoms with Crippen molar-refractivity contribution in [1.29, 1.82) is 0 Å². The molecule has 1 saturated heterocycles. The minimum atomic E-state index is -0.0309. The largest absolute Gasteiger partial charge is 0.368 e. The fourth-order valence-corrected chi connectivity index (χ4v) is 2.97. The molecule has 1 fully saturated rings. The van der Waals surface area contributed by atoms with E-state index in [1.54, 1.807) is 0 Å². The molecule has 5 heteroatoms. The van der Waals surface area contributed by atoms with Gasteiger partial charge in [-0.25, -0.2) is 9.97 Å². The second kappa shape index (κ2) is 8.33. The molecule has 0 aliphatic carbocycles. The predicted octanol–water partition coefficient (Wildman–Crippen LogP) is 2.15. The second-order valence-electron chi connectivity index (χ2n) is 6.54. The van der Waals surface area contributed by atoms with Crippen molar-refractivity contribution >= 4 is 0 Å². The molecular formula is C19H26N4O. The summed E-state index contributed by atoms with van der Waals surface area (Å²) in [5.41, 5.74) is 2.42. The molecule has 0 amide bonds. The van der Waals surface area contributed by atoms with Gasteiger partial charge < -0.3 is 9.64 Å². The summed E-state index contributed by atoms with van der Waals surface area (Å²) in [7, 11) is 4.09. The van der Waals surface area contributed by atoms with Crippen LogP contribution in [0.4, 0.5) is 0 Å². The van der Waals surface area contributed by atoms with E-state index in [-0.39, 0.29) is 6.10 Å². The first kappa shape index (κ1) is 17.0. The van der Waals surface area contributed by atoms with E-state index in [4.69, 9.17) is 4.74 Å². The van der Waals surface area contributed by atoms with Gasteiger partial charge in [-0.1, -0.05) is 30.3 Å². The van der Waals surface area contributed by atoms with Crippen LogP contribution in [0.5, 0.6) is 0 Å². The Morgan fingerprint density at radius 1 is 1.21 bits per heavy atom. The van der Waals surface area contributed by atoms with E-state index < -0.39 is 0 Å². The van der Waals surface area contributed by atoms with Crippen LogP contribution >= 0.6 is 0 Å². The van der Waals surface area contributed by atoms with Crippen LogP contribution in [0.25, 0.3) is 0 Å². The lowest BCUT2D eigenvalue weighted by molar-refractivity contribution is -0.0340. The van der Waals surface area contributed by atoms with Gasteiger partial charge in [-0.05, 0) is 32.1 Å². The van der Waals surface area contributed by atoms with Crippen molar-refractivity contribution in [3.8, 4) is 0 Å². The van der Waals surface area contributed by atoms with Crippen LogP contribution < -0.4 is 0 Å². The normalized spacial score (nSPS) is 18.9. The van der Waals surface area contributed by atoms with Gasteiger partial charge in [-0.15, -0.1) is 0 Å². The molecule has 1 aliphatic heterocycles. The Bertz CT molecular complexity index is 632. The minimum Gasteiger partial charge on any atom is -0.368 e. The van der Waals surface area contributed by atoms with E-state index in [1.165, 1.54) is 5.56 Å². The number of hydrogen-bond acceptors (Lipinski definition) is 5. The molecule has 3 rings (SSSR count). The third-order valence-corrected chi connectivity index (χ3v) is 4.21. The first-order valence-electron chi connectivity index (χ1n) is 8.55. The van der Waals surface area contributed by atoms with Gasteiger partial charge in [0, 0.05) is 32.4 Å². The quantitative estimate of drug-likeness (QED) is 0.814. The number of rotatable bonds is 6. The molecule has 1 aromatic heterocycles. The Kier molecular flexibility index (Phi) is 5.91. The Labute approximate surface area is 144 Å². The smallest absolute Gasteiger partial charge is 0.158 e. The van der Waals surface area contributed by atoms with Gasteiger partial charge in [-0.3, -0.25) is 4.90 Å². The maximum atomic E-state index is 5.93. The zero-order chi connectivity index (χ0) is 16.8. The van der Waals surface area contributed by atoms with Crippen LogP contribution in [0.3, 0.4) is 0 Å². The van der Waals surface area contributed by atoms with Crippen molar-refractivity contribution in [3.63, 3.8) is 0 Å². The zero-order valence-electron chi connectivity index (χ0n) is 14.6. The maximum Gasteiger partial charge on any atom is 0.158 e. The van der Waals surface area contributed by atoms with E-state index in [9.17, 15) is 0 Å². The summed E-state index contributed by atoms with van der Waals surface area (Å²) >= 11 is 0. The first-order chi connectivity index (χ1) is 11.7. The lowest BCUT2D eigenvalue weighted by Gasteiger charge is -2.32. The van der Waals surface area contributed by atoms with Crippen molar-refractivity contribution in [2.24, 2.45) is 0 Å². The number of benzene rings is 1. The SMILES string of the molecule is CN(C)Cc1ccnc([C@H]2CN(CCc3ccccc3)CCO2)n1. The summed E-state index contributed by atoms with van der Waals surface area (Å²) in [6.45, 7) is 4.43. The standard InChI is InChI=1S/C19H26N4O/c1-22(2)14-17-8-10-20-19(21-17)18-15-23(12-13-24-18)11-9-16-6-4-3-5-7-16/h3-8,10,18H,9,11-15H2,1-2H3/t18-/m1/s1. The van der Waals surface area contributed by atoms with Crippen LogP contribution in [0, 0.1) is 0 Å². The highest BCUT2D eigenvalue weighted by molar-refractivity contribution is 5.15. The van der Waals surface area contributed by atoms with Crippen molar-refractivity contribution in [3.05, 3.63) is 59.7 Å². The molecule has 24 heavy (non-hydrogen) atoms. The van der Waals surface area contributed by atoms with Crippen molar-refractivity contribution in [2.75, 3.05) is 40.3 Å². The van der Waals surface area contributed by atoms with Crippen molar-refractivity contribution in [1.82, 2.24) is 19.8 Å². The summed E-state index contributed by atoms with van der Waals surface area (Å²) in [6, 6.07) is 12.6. The Hall–Kier alpha value is -1.82. The van der Waals surface area contributed by atoms with Gasteiger partial charge in [-0.2, -0.15) is 0 Å². The molecule has 0 bridgehead atoms. The summed E-state index contributed by atoms with van der Waals surface area (Å²) in [4.78, 5) is 13.7. The zero-order valence-corrected chi connectivity index (χ0v) is 14.6. The third kappa shape index (κ3) is 4.84. The highest BCUT2D eigenvalue weighted by atomic mass is 16.5. The number of hydrogen-bond donors (Lipinski definition) is 0. The van der Waals surface area contributed by atoms with Crippen LogP contribution in [-0.2, 0) is 17.7 Å². The number of ether oxygens (including phenoxy) is 1. The molecule has 128 valence electrons. The van der Waals surface area contributed by atoms with E-state index in [0.717, 1.165) is 50.7 Å². The number of nitrogens with zero attached hydrogens (tertiary/aromatic N) is 4. The van der Waals surface area contributed by atoms with Gasteiger partial charge in [0.25, 0.3) is 0 Å². The molecule has 0 spiro atoms. The van der Waals surface area contributed by atoms with Crippen molar-refractivity contribution in [2.45, 2.75) is 19.1 Å². The monoisotopic (exact) mass is 326 g/mol. The summed E-state index contributed by atoms with van der Waals surface area (Å²) in [5.74, 6) is 0.804. The molecule has 0 radical (unpaired) electrons. The molecule has 0 N–H and O–H groups in total. The van der Waals surface area contributed by atoms with Gasteiger partial charge in [0.05, 0.1) is 12.3 Å². The van der Waals surface area contributed by atoms with E-state index in [1.807, 2.05) is 26.4 Å². The molecule has 1 aromatic carbocycles. The molecule has 0 unspecified atom stereocenters. The fraction of sp³-hybridized carbons (Fsp3) is 0.474. The molecule has 0 saturated carbocycles. The Morgan fingerprint density at radius 2 is 2.04 bits per heavy atom. The predicted molar refractivity (Wildman–Crippen MR) is 94.7 cm³/mol. The highest BCUT2D eigenvalue weighted by Crippen LogP contribution is 2.19. The molecule has 1 aliphatic rings.